The molecule has 0 saturated carbocycles. The molecule has 2 aromatic heterocycles. The third kappa shape index (κ3) is 3.32. The lowest BCUT2D eigenvalue weighted by Gasteiger charge is -2.14. The van der Waals surface area contributed by atoms with Crippen LogP contribution in [-0.2, 0) is 13.6 Å². The lowest BCUT2D eigenvalue weighted by atomic mass is 10.1. The summed E-state index contributed by atoms with van der Waals surface area (Å²) in [5.41, 5.74) is 3.86. The number of ketones is 1. The molecule has 2 heterocycles. The Hall–Kier alpha value is -1.88. The first-order valence-electron chi connectivity index (χ1n) is 6.31. The van der Waals surface area contributed by atoms with Crippen LogP contribution in [0.5, 0.6) is 0 Å². The van der Waals surface area contributed by atoms with Gasteiger partial charge in [-0.15, -0.1) is 0 Å². The maximum Gasteiger partial charge on any atom is 0.178 e. The largest absolute Gasteiger partial charge is 0.362 e. The third-order valence-electron chi connectivity index (χ3n) is 3.07. The number of rotatable bonds is 5. The van der Waals surface area contributed by atoms with Gasteiger partial charge in [-0.2, -0.15) is 5.10 Å². The quantitative estimate of drug-likeness (QED) is 0.832. The van der Waals surface area contributed by atoms with Crippen molar-refractivity contribution in [3.8, 4) is 0 Å². The molecule has 2 aromatic rings. The zero-order valence-corrected chi connectivity index (χ0v) is 11.9. The summed E-state index contributed by atoms with van der Waals surface area (Å²) >= 11 is 0. The SMILES string of the molecule is Cc1cc(C(=O)CN(C)Cc2cnn(C)c2)c(C)[nH]1. The Balaban J connectivity index is 1.97. The van der Waals surface area contributed by atoms with Crippen LogP contribution in [0.1, 0.15) is 27.3 Å². The van der Waals surface area contributed by atoms with Crippen LogP contribution in [0.3, 0.4) is 0 Å². The summed E-state index contributed by atoms with van der Waals surface area (Å²) in [5, 5.41) is 4.12. The number of Topliss-reactive ketones (excluding diaryl/α,β-unsaturated/α-hetero) is 1. The van der Waals surface area contributed by atoms with Gasteiger partial charge in [0.25, 0.3) is 0 Å². The van der Waals surface area contributed by atoms with Crippen molar-refractivity contribution < 1.29 is 4.79 Å². The highest BCUT2D eigenvalue weighted by atomic mass is 16.1. The van der Waals surface area contributed by atoms with Gasteiger partial charge in [0, 0.05) is 42.3 Å². The highest BCUT2D eigenvalue weighted by Crippen LogP contribution is 2.11. The second kappa shape index (κ2) is 5.40. The van der Waals surface area contributed by atoms with Crippen molar-refractivity contribution in [1.82, 2.24) is 19.7 Å². The Kier molecular flexibility index (Phi) is 3.85. The Morgan fingerprint density at radius 1 is 1.47 bits per heavy atom. The molecule has 0 fully saturated rings. The van der Waals surface area contributed by atoms with E-state index in [0.717, 1.165) is 29.1 Å². The Labute approximate surface area is 113 Å². The molecule has 5 heteroatoms. The molecule has 0 saturated heterocycles. The van der Waals surface area contributed by atoms with E-state index in [1.165, 1.54) is 0 Å². The number of carbonyl (C=O) groups is 1. The van der Waals surface area contributed by atoms with E-state index in [1.807, 2.05) is 51.3 Å². The number of aromatic amines is 1. The van der Waals surface area contributed by atoms with Crippen molar-refractivity contribution in [2.75, 3.05) is 13.6 Å². The second-order valence-electron chi connectivity index (χ2n) is 5.11. The van der Waals surface area contributed by atoms with Gasteiger partial charge in [-0.3, -0.25) is 14.4 Å². The number of aromatic nitrogens is 3. The molecule has 2 rings (SSSR count). The predicted octanol–water partition coefficient (Wildman–Crippen LogP) is 1.68. The second-order valence-corrected chi connectivity index (χ2v) is 5.11. The van der Waals surface area contributed by atoms with Gasteiger partial charge in [0.05, 0.1) is 12.7 Å². The van der Waals surface area contributed by atoms with Gasteiger partial charge < -0.3 is 4.98 Å². The molecule has 0 spiro atoms. The van der Waals surface area contributed by atoms with E-state index in [2.05, 4.69) is 10.1 Å². The minimum Gasteiger partial charge on any atom is -0.362 e. The van der Waals surface area contributed by atoms with Gasteiger partial charge in [0.15, 0.2) is 5.78 Å². The van der Waals surface area contributed by atoms with Crippen LogP contribution in [0.25, 0.3) is 0 Å². The first kappa shape index (κ1) is 13.5. The van der Waals surface area contributed by atoms with Crippen LogP contribution in [0.15, 0.2) is 18.5 Å². The molecule has 0 aliphatic rings. The molecular weight excluding hydrogens is 240 g/mol. The summed E-state index contributed by atoms with van der Waals surface area (Å²) < 4.78 is 1.77. The van der Waals surface area contributed by atoms with Gasteiger partial charge in [-0.1, -0.05) is 0 Å². The number of nitrogens with one attached hydrogen (secondary N) is 1. The molecule has 0 atom stereocenters. The fourth-order valence-corrected chi connectivity index (χ4v) is 2.26. The standard InChI is InChI=1S/C14H20N4O/c1-10-5-13(11(2)16-10)14(19)9-17(3)7-12-6-15-18(4)8-12/h5-6,8,16H,7,9H2,1-4H3. The Bertz CT molecular complexity index is 582. The first-order valence-corrected chi connectivity index (χ1v) is 6.31. The number of carbonyl (C=O) groups excluding carboxylic acids is 1. The Morgan fingerprint density at radius 2 is 2.21 bits per heavy atom. The van der Waals surface area contributed by atoms with Crippen molar-refractivity contribution in [1.29, 1.82) is 0 Å². The summed E-state index contributed by atoms with van der Waals surface area (Å²) in [4.78, 5) is 17.4. The van der Waals surface area contributed by atoms with Gasteiger partial charge in [-0.25, -0.2) is 0 Å². The molecule has 0 aromatic carbocycles. The van der Waals surface area contributed by atoms with Gasteiger partial charge in [-0.05, 0) is 27.0 Å². The van der Waals surface area contributed by atoms with E-state index < -0.39 is 0 Å². The number of likely N-dealkylation sites (N-methyl/N-ethyl adjacent to an activating group) is 1. The molecule has 0 aliphatic carbocycles. The number of hydrogen-bond acceptors (Lipinski definition) is 3. The summed E-state index contributed by atoms with van der Waals surface area (Å²) in [5.74, 6) is 0.147. The van der Waals surface area contributed by atoms with Crippen molar-refractivity contribution >= 4 is 5.78 Å². The van der Waals surface area contributed by atoms with Crippen LogP contribution >= 0.6 is 0 Å². The lowest BCUT2D eigenvalue weighted by Crippen LogP contribution is -2.25. The third-order valence-corrected chi connectivity index (χ3v) is 3.07. The maximum absolute atomic E-state index is 12.2. The predicted molar refractivity (Wildman–Crippen MR) is 74.1 cm³/mol. The molecule has 0 aliphatic heterocycles. The average Bonchev–Trinajstić information content (AvgIpc) is 2.84. The molecule has 19 heavy (non-hydrogen) atoms. The van der Waals surface area contributed by atoms with Crippen molar-refractivity contribution in [2.24, 2.45) is 7.05 Å². The normalized spacial score (nSPS) is 11.2. The molecule has 0 radical (unpaired) electrons. The van der Waals surface area contributed by atoms with E-state index in [1.54, 1.807) is 4.68 Å². The zero-order valence-electron chi connectivity index (χ0n) is 11.9. The highest BCUT2D eigenvalue weighted by molar-refractivity contribution is 5.98. The smallest absolute Gasteiger partial charge is 0.178 e. The number of hydrogen-bond donors (Lipinski definition) is 1. The fourth-order valence-electron chi connectivity index (χ4n) is 2.26. The number of nitrogens with zero attached hydrogens (tertiary/aromatic N) is 3. The maximum atomic E-state index is 12.2. The molecule has 1 N–H and O–H groups in total. The van der Waals surface area contributed by atoms with Gasteiger partial charge >= 0.3 is 0 Å². The Morgan fingerprint density at radius 3 is 2.74 bits per heavy atom. The summed E-state index contributed by atoms with van der Waals surface area (Å²) in [7, 11) is 3.83. The molecule has 0 bridgehead atoms. The molecular formula is C14H20N4O. The molecule has 0 unspecified atom stereocenters. The molecule has 5 nitrogen and oxygen atoms in total. The first-order chi connectivity index (χ1) is 8.95. The van der Waals surface area contributed by atoms with E-state index in [-0.39, 0.29) is 5.78 Å². The summed E-state index contributed by atoms with van der Waals surface area (Å²) in [6.07, 6.45) is 3.79. The average molecular weight is 260 g/mol. The van der Waals surface area contributed by atoms with E-state index in [0.29, 0.717) is 6.54 Å². The van der Waals surface area contributed by atoms with Crippen molar-refractivity contribution in [3.63, 3.8) is 0 Å². The van der Waals surface area contributed by atoms with Crippen LogP contribution < -0.4 is 0 Å². The van der Waals surface area contributed by atoms with E-state index >= 15 is 0 Å². The zero-order chi connectivity index (χ0) is 14.0. The summed E-state index contributed by atoms with van der Waals surface area (Å²) in [6.45, 7) is 5.03. The van der Waals surface area contributed by atoms with Crippen molar-refractivity contribution in [3.05, 3.63) is 41.0 Å². The van der Waals surface area contributed by atoms with Gasteiger partial charge in [0.1, 0.15) is 0 Å². The van der Waals surface area contributed by atoms with Crippen LogP contribution in [0.2, 0.25) is 0 Å². The lowest BCUT2D eigenvalue weighted by molar-refractivity contribution is 0.0942. The molecule has 0 amide bonds. The minimum absolute atomic E-state index is 0.147. The fraction of sp³-hybridized carbons (Fsp3) is 0.429. The van der Waals surface area contributed by atoms with E-state index in [9.17, 15) is 4.79 Å². The number of H-pyrrole nitrogens is 1. The monoisotopic (exact) mass is 260 g/mol. The van der Waals surface area contributed by atoms with Crippen LogP contribution in [-0.4, -0.2) is 39.0 Å². The minimum atomic E-state index is 0.147. The van der Waals surface area contributed by atoms with Crippen LogP contribution in [0, 0.1) is 13.8 Å². The number of aryl methyl sites for hydroxylation is 3. The molecule has 102 valence electrons. The van der Waals surface area contributed by atoms with E-state index in [4.69, 9.17) is 0 Å². The summed E-state index contributed by atoms with van der Waals surface area (Å²) in [6, 6.07) is 1.91. The van der Waals surface area contributed by atoms with Gasteiger partial charge in [0.2, 0.25) is 0 Å². The van der Waals surface area contributed by atoms with Crippen LogP contribution in [0.4, 0.5) is 0 Å². The van der Waals surface area contributed by atoms with Crippen molar-refractivity contribution in [2.45, 2.75) is 20.4 Å². The topological polar surface area (TPSA) is 53.9 Å². The highest BCUT2D eigenvalue weighted by Gasteiger charge is 2.14.